The number of anilines is 1. The van der Waals surface area contributed by atoms with E-state index in [9.17, 15) is 22.8 Å². The van der Waals surface area contributed by atoms with Gasteiger partial charge in [0.05, 0.1) is 22.9 Å². The Morgan fingerprint density at radius 3 is 2.33 bits per heavy atom. The summed E-state index contributed by atoms with van der Waals surface area (Å²) in [5.74, 6) is -0.541. The Labute approximate surface area is 170 Å². The summed E-state index contributed by atoms with van der Waals surface area (Å²) in [7, 11) is 0. The predicted octanol–water partition coefficient (Wildman–Crippen LogP) is 3.58. The van der Waals surface area contributed by atoms with Gasteiger partial charge in [-0.05, 0) is 24.6 Å². The number of imidazole rings is 1. The monoisotopic (exact) mass is 422 g/mol. The fourth-order valence-electron chi connectivity index (χ4n) is 3.06. The van der Waals surface area contributed by atoms with Crippen molar-refractivity contribution in [1.82, 2.24) is 14.1 Å². The first kappa shape index (κ1) is 21.4. The highest BCUT2D eigenvalue weighted by molar-refractivity contribution is 5.90. The van der Waals surface area contributed by atoms with Gasteiger partial charge in [-0.3, -0.25) is 13.9 Å². The standard InChI is InChI=1S/C20H21F3N4O3/c1-2-10-26-15-5-3-4-6-16(15)27(19(26)29)11-9-17(28)25-14-7-8-18(24-12-14)30-13-20(21,22)23/h3-8,12H,2,9-11,13H2,1H3,(H,25,28). The van der Waals surface area contributed by atoms with Crippen molar-refractivity contribution in [2.24, 2.45) is 0 Å². The summed E-state index contributed by atoms with van der Waals surface area (Å²) >= 11 is 0. The molecule has 160 valence electrons. The maximum absolute atomic E-state index is 12.7. The molecule has 1 amide bonds. The van der Waals surface area contributed by atoms with Gasteiger partial charge < -0.3 is 10.1 Å². The van der Waals surface area contributed by atoms with Gasteiger partial charge in [0.15, 0.2) is 6.61 Å². The number of rotatable bonds is 8. The van der Waals surface area contributed by atoms with E-state index in [2.05, 4.69) is 15.0 Å². The van der Waals surface area contributed by atoms with Crippen molar-refractivity contribution in [3.05, 3.63) is 53.1 Å². The lowest BCUT2D eigenvalue weighted by Crippen LogP contribution is -2.26. The molecule has 0 spiro atoms. The number of benzene rings is 1. The molecule has 0 aliphatic carbocycles. The zero-order valence-electron chi connectivity index (χ0n) is 16.3. The fraction of sp³-hybridized carbons (Fsp3) is 0.350. The number of nitrogens with one attached hydrogen (secondary N) is 1. The van der Waals surface area contributed by atoms with E-state index in [0.29, 0.717) is 12.2 Å². The summed E-state index contributed by atoms with van der Waals surface area (Å²) in [5.41, 5.74) is 1.73. The van der Waals surface area contributed by atoms with Gasteiger partial charge in [0, 0.05) is 25.6 Å². The van der Waals surface area contributed by atoms with Crippen LogP contribution in [0.15, 0.2) is 47.4 Å². The number of pyridine rings is 1. The second kappa shape index (κ2) is 9.02. The average Bonchev–Trinajstić information content (AvgIpc) is 2.97. The molecule has 2 heterocycles. The minimum Gasteiger partial charge on any atom is -0.468 e. The lowest BCUT2D eigenvalue weighted by molar-refractivity contribution is -0.154. The van der Waals surface area contributed by atoms with Crippen LogP contribution in [0.25, 0.3) is 11.0 Å². The minimum atomic E-state index is -4.45. The van der Waals surface area contributed by atoms with Gasteiger partial charge in [-0.25, -0.2) is 9.78 Å². The van der Waals surface area contributed by atoms with Crippen LogP contribution in [0.4, 0.5) is 18.9 Å². The van der Waals surface area contributed by atoms with Crippen LogP contribution in [0.5, 0.6) is 5.88 Å². The SMILES string of the molecule is CCCn1c(=O)n(CCC(=O)Nc2ccc(OCC(F)(F)F)nc2)c2ccccc21. The smallest absolute Gasteiger partial charge is 0.422 e. The number of amides is 1. The summed E-state index contributed by atoms with van der Waals surface area (Å²) in [6, 6.07) is 10.0. The number of para-hydroxylation sites is 2. The zero-order valence-corrected chi connectivity index (χ0v) is 16.3. The van der Waals surface area contributed by atoms with E-state index in [4.69, 9.17) is 0 Å². The maximum Gasteiger partial charge on any atom is 0.422 e. The fourth-order valence-corrected chi connectivity index (χ4v) is 3.06. The summed E-state index contributed by atoms with van der Waals surface area (Å²) in [5, 5.41) is 2.61. The summed E-state index contributed by atoms with van der Waals surface area (Å²) in [6.07, 6.45) is -2.38. The van der Waals surface area contributed by atoms with Crippen molar-refractivity contribution in [1.29, 1.82) is 0 Å². The van der Waals surface area contributed by atoms with Crippen molar-refractivity contribution in [2.75, 3.05) is 11.9 Å². The Bertz CT molecular complexity index is 1070. The Balaban J connectivity index is 1.63. The third kappa shape index (κ3) is 5.19. The van der Waals surface area contributed by atoms with Gasteiger partial charge in [-0.15, -0.1) is 0 Å². The van der Waals surface area contributed by atoms with E-state index >= 15 is 0 Å². The number of carbonyl (C=O) groups excluding carboxylic acids is 1. The quantitative estimate of drug-likeness (QED) is 0.602. The maximum atomic E-state index is 12.7. The van der Waals surface area contributed by atoms with Crippen molar-refractivity contribution in [3.63, 3.8) is 0 Å². The predicted molar refractivity (Wildman–Crippen MR) is 106 cm³/mol. The summed E-state index contributed by atoms with van der Waals surface area (Å²) in [6.45, 7) is 1.33. The second-order valence-electron chi connectivity index (χ2n) is 6.66. The van der Waals surface area contributed by atoms with Crippen LogP contribution in [0.1, 0.15) is 19.8 Å². The number of fused-ring (bicyclic) bond motifs is 1. The van der Waals surface area contributed by atoms with Gasteiger partial charge in [-0.2, -0.15) is 13.2 Å². The van der Waals surface area contributed by atoms with Crippen LogP contribution in [0.3, 0.4) is 0 Å². The number of nitrogens with zero attached hydrogens (tertiary/aromatic N) is 3. The molecule has 0 saturated heterocycles. The molecule has 1 N–H and O–H groups in total. The molecule has 0 atom stereocenters. The normalized spacial score (nSPS) is 11.6. The number of ether oxygens (including phenoxy) is 1. The topological polar surface area (TPSA) is 78.2 Å². The highest BCUT2D eigenvalue weighted by Crippen LogP contribution is 2.18. The first-order valence-electron chi connectivity index (χ1n) is 9.42. The van der Waals surface area contributed by atoms with Gasteiger partial charge in [-0.1, -0.05) is 19.1 Å². The van der Waals surface area contributed by atoms with Gasteiger partial charge in [0.25, 0.3) is 0 Å². The van der Waals surface area contributed by atoms with Crippen LogP contribution in [0.2, 0.25) is 0 Å². The summed E-state index contributed by atoms with van der Waals surface area (Å²) < 4.78 is 44.2. The number of hydrogen-bond donors (Lipinski definition) is 1. The number of halogens is 3. The number of aryl methyl sites for hydroxylation is 2. The van der Waals surface area contributed by atoms with E-state index in [-0.39, 0.29) is 30.4 Å². The first-order chi connectivity index (χ1) is 14.3. The molecule has 0 aliphatic rings. The zero-order chi connectivity index (χ0) is 21.7. The van der Waals surface area contributed by atoms with E-state index in [1.807, 2.05) is 31.2 Å². The molecular formula is C20H21F3N4O3. The van der Waals surface area contributed by atoms with Crippen LogP contribution in [0, 0.1) is 0 Å². The molecule has 2 aromatic heterocycles. The molecule has 0 bridgehead atoms. The lowest BCUT2D eigenvalue weighted by atomic mass is 10.3. The van der Waals surface area contributed by atoms with Gasteiger partial charge in [0.2, 0.25) is 11.8 Å². The molecule has 0 aliphatic heterocycles. The van der Waals surface area contributed by atoms with Crippen LogP contribution >= 0.6 is 0 Å². The Morgan fingerprint density at radius 1 is 1.10 bits per heavy atom. The van der Waals surface area contributed by atoms with E-state index < -0.39 is 12.8 Å². The van der Waals surface area contributed by atoms with E-state index in [1.165, 1.54) is 18.3 Å². The molecule has 10 heteroatoms. The van der Waals surface area contributed by atoms with Crippen molar-refractivity contribution in [2.45, 2.75) is 39.0 Å². The number of aromatic nitrogens is 3. The van der Waals surface area contributed by atoms with Crippen LogP contribution in [-0.2, 0) is 17.9 Å². The largest absolute Gasteiger partial charge is 0.468 e. The third-order valence-corrected chi connectivity index (χ3v) is 4.34. The van der Waals surface area contributed by atoms with Crippen molar-refractivity contribution < 1.29 is 22.7 Å². The first-order valence-corrected chi connectivity index (χ1v) is 9.42. The molecule has 30 heavy (non-hydrogen) atoms. The third-order valence-electron chi connectivity index (χ3n) is 4.34. The van der Waals surface area contributed by atoms with E-state index in [1.54, 1.807) is 9.13 Å². The number of hydrogen-bond acceptors (Lipinski definition) is 4. The van der Waals surface area contributed by atoms with Crippen molar-refractivity contribution in [3.8, 4) is 5.88 Å². The molecule has 7 nitrogen and oxygen atoms in total. The number of alkyl halides is 3. The van der Waals surface area contributed by atoms with Crippen LogP contribution in [-0.4, -0.2) is 32.8 Å². The molecular weight excluding hydrogens is 401 g/mol. The Kier molecular flexibility index (Phi) is 6.43. The molecule has 3 aromatic rings. The lowest BCUT2D eigenvalue weighted by Gasteiger charge is -2.09. The molecule has 0 fully saturated rings. The Morgan fingerprint density at radius 2 is 1.77 bits per heavy atom. The van der Waals surface area contributed by atoms with Crippen LogP contribution < -0.4 is 15.7 Å². The molecule has 1 aromatic carbocycles. The second-order valence-corrected chi connectivity index (χ2v) is 6.66. The highest BCUT2D eigenvalue weighted by Gasteiger charge is 2.28. The Hall–Kier alpha value is -3.30. The minimum absolute atomic E-state index is 0.0480. The van der Waals surface area contributed by atoms with Gasteiger partial charge in [0.1, 0.15) is 0 Å². The highest BCUT2D eigenvalue weighted by atomic mass is 19.4. The average molecular weight is 422 g/mol. The summed E-state index contributed by atoms with van der Waals surface area (Å²) in [4.78, 5) is 28.7. The molecule has 0 saturated carbocycles. The molecule has 0 unspecified atom stereocenters. The number of carbonyl (C=O) groups is 1. The van der Waals surface area contributed by atoms with E-state index in [0.717, 1.165) is 17.5 Å². The van der Waals surface area contributed by atoms with Gasteiger partial charge >= 0.3 is 11.9 Å². The van der Waals surface area contributed by atoms with Crippen molar-refractivity contribution >= 4 is 22.6 Å². The molecule has 0 radical (unpaired) electrons. The molecule has 3 rings (SSSR count).